The number of benzene rings is 1. The number of nitrogens with zero attached hydrogens (tertiary/aromatic N) is 2. The third-order valence-electron chi connectivity index (χ3n) is 5.69. The summed E-state index contributed by atoms with van der Waals surface area (Å²) in [6, 6.07) is 8.80. The lowest BCUT2D eigenvalue weighted by molar-refractivity contribution is -0.00575. The Hall–Kier alpha value is -2.98. The van der Waals surface area contributed by atoms with E-state index in [2.05, 4.69) is 10.3 Å². The first-order valence-electron chi connectivity index (χ1n) is 10.1. The van der Waals surface area contributed by atoms with Crippen LogP contribution in [0.5, 0.6) is 11.6 Å². The Morgan fingerprint density at radius 3 is 2.73 bits per heavy atom. The van der Waals surface area contributed by atoms with Crippen molar-refractivity contribution in [2.24, 2.45) is 11.8 Å². The summed E-state index contributed by atoms with van der Waals surface area (Å²) in [5, 5.41) is 22.1. The van der Waals surface area contributed by atoms with Gasteiger partial charge in [-0.3, -0.25) is 4.79 Å². The Morgan fingerprint density at radius 2 is 2.07 bits per heavy atom. The highest BCUT2D eigenvalue weighted by molar-refractivity contribution is 5.96. The van der Waals surface area contributed by atoms with Crippen LogP contribution in [0.4, 0.5) is 4.39 Å². The van der Waals surface area contributed by atoms with Crippen LogP contribution in [0, 0.1) is 29.0 Å². The predicted octanol–water partition coefficient (Wildman–Crippen LogP) is 4.19. The van der Waals surface area contributed by atoms with Gasteiger partial charge in [0.15, 0.2) is 0 Å². The van der Waals surface area contributed by atoms with E-state index >= 15 is 0 Å². The van der Waals surface area contributed by atoms with Crippen LogP contribution in [0.25, 0.3) is 0 Å². The van der Waals surface area contributed by atoms with Crippen LogP contribution in [0.15, 0.2) is 36.5 Å². The highest BCUT2D eigenvalue weighted by atomic mass is 19.1. The van der Waals surface area contributed by atoms with Crippen molar-refractivity contribution in [2.45, 2.75) is 45.1 Å². The molecule has 1 aromatic carbocycles. The molecule has 1 aliphatic carbocycles. The van der Waals surface area contributed by atoms with E-state index in [1.807, 2.05) is 13.8 Å². The van der Waals surface area contributed by atoms with E-state index in [1.54, 1.807) is 18.2 Å². The van der Waals surface area contributed by atoms with Crippen molar-refractivity contribution < 1.29 is 19.0 Å². The standard InChI is InChI=1S/C23H26FN3O3/c1-23(2,29)17-7-5-15(6-8-17)14-27-21(28)19-4-3-11-26-22(19)30-18-9-10-20(24)16(12-18)13-25/h3-4,9-12,15,17,29H,5-8,14H2,1-2H3,(H,27,28). The molecule has 0 spiro atoms. The first-order valence-corrected chi connectivity index (χ1v) is 10.1. The zero-order valence-electron chi connectivity index (χ0n) is 17.2. The fourth-order valence-corrected chi connectivity index (χ4v) is 3.82. The number of aromatic nitrogens is 1. The van der Waals surface area contributed by atoms with E-state index in [9.17, 15) is 14.3 Å². The first-order chi connectivity index (χ1) is 14.3. The van der Waals surface area contributed by atoms with E-state index in [-0.39, 0.29) is 34.6 Å². The molecular weight excluding hydrogens is 385 g/mol. The van der Waals surface area contributed by atoms with Crippen LogP contribution < -0.4 is 10.1 Å². The second kappa shape index (κ2) is 9.23. The molecule has 158 valence electrons. The number of nitriles is 1. The van der Waals surface area contributed by atoms with Crippen molar-refractivity contribution in [3.05, 3.63) is 53.5 Å². The molecule has 3 rings (SSSR count). The largest absolute Gasteiger partial charge is 0.438 e. The number of carbonyl (C=O) groups is 1. The Balaban J connectivity index is 1.62. The molecular formula is C23H26FN3O3. The summed E-state index contributed by atoms with van der Waals surface area (Å²) in [4.78, 5) is 16.8. The minimum absolute atomic E-state index is 0.0937. The number of hydrogen-bond acceptors (Lipinski definition) is 5. The van der Waals surface area contributed by atoms with Crippen LogP contribution in [0.3, 0.4) is 0 Å². The molecule has 0 aliphatic heterocycles. The third kappa shape index (κ3) is 5.33. The highest BCUT2D eigenvalue weighted by Gasteiger charge is 2.31. The van der Waals surface area contributed by atoms with E-state index < -0.39 is 11.4 Å². The fraction of sp³-hybridized carbons (Fsp3) is 0.435. The van der Waals surface area contributed by atoms with Crippen LogP contribution in [-0.2, 0) is 0 Å². The molecule has 2 aromatic rings. The van der Waals surface area contributed by atoms with E-state index in [4.69, 9.17) is 10.00 Å². The summed E-state index contributed by atoms with van der Waals surface area (Å²) in [5.41, 5.74) is -0.538. The van der Waals surface area contributed by atoms with Crippen LogP contribution in [0.1, 0.15) is 55.5 Å². The van der Waals surface area contributed by atoms with Crippen LogP contribution in [0.2, 0.25) is 0 Å². The maximum atomic E-state index is 13.5. The zero-order chi connectivity index (χ0) is 21.7. The molecule has 0 unspecified atom stereocenters. The number of aliphatic hydroxyl groups is 1. The SMILES string of the molecule is CC(C)(O)C1CCC(CNC(=O)c2cccnc2Oc2ccc(F)c(C#N)c2)CC1. The average Bonchev–Trinajstić information content (AvgIpc) is 2.73. The molecule has 1 saturated carbocycles. The summed E-state index contributed by atoms with van der Waals surface area (Å²) in [6.45, 7) is 4.25. The first kappa shape index (κ1) is 21.7. The van der Waals surface area contributed by atoms with Gasteiger partial charge in [-0.25, -0.2) is 9.37 Å². The Labute approximate surface area is 175 Å². The normalized spacial score (nSPS) is 19.0. The smallest absolute Gasteiger partial charge is 0.256 e. The Morgan fingerprint density at radius 1 is 1.33 bits per heavy atom. The molecule has 2 N–H and O–H groups in total. The number of amides is 1. The Bertz CT molecular complexity index is 941. The van der Waals surface area contributed by atoms with Gasteiger partial charge in [0.05, 0.1) is 11.2 Å². The second-order valence-electron chi connectivity index (χ2n) is 8.29. The van der Waals surface area contributed by atoms with Gasteiger partial charge in [0.1, 0.15) is 23.2 Å². The lowest BCUT2D eigenvalue weighted by Gasteiger charge is -2.35. The summed E-state index contributed by atoms with van der Waals surface area (Å²) in [6.07, 6.45) is 5.29. The molecule has 6 nitrogen and oxygen atoms in total. The highest BCUT2D eigenvalue weighted by Crippen LogP contribution is 2.35. The number of pyridine rings is 1. The van der Waals surface area contributed by atoms with E-state index in [0.717, 1.165) is 31.7 Å². The quantitative estimate of drug-likeness (QED) is 0.743. The monoisotopic (exact) mass is 411 g/mol. The number of halogens is 1. The minimum Gasteiger partial charge on any atom is -0.438 e. The summed E-state index contributed by atoms with van der Waals surface area (Å²) >= 11 is 0. The fourth-order valence-electron chi connectivity index (χ4n) is 3.82. The lowest BCUT2D eigenvalue weighted by atomic mass is 9.75. The van der Waals surface area contributed by atoms with Gasteiger partial charge in [-0.1, -0.05) is 0 Å². The molecule has 1 heterocycles. The Kier molecular flexibility index (Phi) is 6.68. The second-order valence-corrected chi connectivity index (χ2v) is 8.29. The number of nitrogens with one attached hydrogen (secondary N) is 1. The maximum Gasteiger partial charge on any atom is 0.256 e. The molecule has 0 bridgehead atoms. The van der Waals surface area contributed by atoms with Crippen molar-refractivity contribution in [2.75, 3.05) is 6.54 Å². The maximum absolute atomic E-state index is 13.5. The molecule has 1 aliphatic rings. The molecule has 7 heteroatoms. The molecule has 1 amide bonds. The number of rotatable bonds is 6. The molecule has 0 saturated heterocycles. The van der Waals surface area contributed by atoms with Crippen molar-refractivity contribution >= 4 is 5.91 Å². The van der Waals surface area contributed by atoms with Gasteiger partial charge in [0.25, 0.3) is 5.91 Å². The van der Waals surface area contributed by atoms with Crippen molar-refractivity contribution in [1.29, 1.82) is 5.26 Å². The van der Waals surface area contributed by atoms with Crippen molar-refractivity contribution in [3.63, 3.8) is 0 Å². The zero-order valence-corrected chi connectivity index (χ0v) is 17.2. The lowest BCUT2D eigenvalue weighted by Crippen LogP contribution is -2.37. The number of carbonyl (C=O) groups excluding carboxylic acids is 1. The van der Waals surface area contributed by atoms with Crippen molar-refractivity contribution in [1.82, 2.24) is 10.3 Å². The molecule has 30 heavy (non-hydrogen) atoms. The van der Waals surface area contributed by atoms with Gasteiger partial charge in [-0.2, -0.15) is 5.26 Å². The topological polar surface area (TPSA) is 95.2 Å². The average molecular weight is 411 g/mol. The van der Waals surface area contributed by atoms with Gasteiger partial charge in [-0.05, 0) is 75.6 Å². The summed E-state index contributed by atoms with van der Waals surface area (Å²) in [5.74, 6) is 0.0380. The van der Waals surface area contributed by atoms with Gasteiger partial charge < -0.3 is 15.2 Å². The summed E-state index contributed by atoms with van der Waals surface area (Å²) in [7, 11) is 0. The van der Waals surface area contributed by atoms with E-state index in [1.165, 1.54) is 18.3 Å². The summed E-state index contributed by atoms with van der Waals surface area (Å²) < 4.78 is 19.2. The molecule has 0 atom stereocenters. The van der Waals surface area contributed by atoms with Gasteiger partial charge in [-0.15, -0.1) is 0 Å². The predicted molar refractivity (Wildman–Crippen MR) is 110 cm³/mol. The van der Waals surface area contributed by atoms with Crippen molar-refractivity contribution in [3.8, 4) is 17.7 Å². The van der Waals surface area contributed by atoms with Gasteiger partial charge in [0.2, 0.25) is 5.88 Å². The minimum atomic E-state index is -0.665. The molecule has 1 fully saturated rings. The van der Waals surface area contributed by atoms with Gasteiger partial charge >= 0.3 is 0 Å². The van der Waals surface area contributed by atoms with Crippen LogP contribution in [-0.4, -0.2) is 28.1 Å². The number of hydrogen-bond donors (Lipinski definition) is 2. The molecule has 1 aromatic heterocycles. The number of ether oxygens (including phenoxy) is 1. The van der Waals surface area contributed by atoms with E-state index in [0.29, 0.717) is 12.5 Å². The molecule has 0 radical (unpaired) electrons. The van der Waals surface area contributed by atoms with Crippen LogP contribution >= 0.6 is 0 Å². The van der Waals surface area contributed by atoms with Gasteiger partial charge in [0, 0.05) is 18.8 Å². The third-order valence-corrected chi connectivity index (χ3v) is 5.69.